The summed E-state index contributed by atoms with van der Waals surface area (Å²) in [6.07, 6.45) is 6.62. The molecule has 3 rings (SSSR count). The average molecular weight is 550 g/mol. The van der Waals surface area contributed by atoms with Crippen LogP contribution in [0.5, 0.6) is 0 Å². The van der Waals surface area contributed by atoms with Gasteiger partial charge in [-0.25, -0.2) is 4.98 Å². The van der Waals surface area contributed by atoms with Crippen LogP contribution in [0, 0.1) is 0 Å². The Balaban J connectivity index is 1.90. The molecule has 0 bridgehead atoms. The van der Waals surface area contributed by atoms with E-state index >= 15 is 0 Å². The number of nitrogens with zero attached hydrogens (tertiary/aromatic N) is 3. The molecule has 0 spiro atoms. The fraction of sp³-hybridized carbons (Fsp3) is 0.419. The number of carbonyl (C=O) groups is 2. The number of amides is 1. The number of hydrogen-bond donors (Lipinski definition) is 1. The molecule has 0 radical (unpaired) electrons. The third-order valence-electron chi connectivity index (χ3n) is 6.62. The second-order valence-corrected chi connectivity index (χ2v) is 10.8. The Labute approximate surface area is 235 Å². The normalized spacial score (nSPS) is 11.8. The van der Waals surface area contributed by atoms with Crippen molar-refractivity contribution >= 4 is 29.3 Å². The smallest absolute Gasteiger partial charge is 0.316 e. The van der Waals surface area contributed by atoms with Crippen LogP contribution < -0.4 is 10.5 Å². The van der Waals surface area contributed by atoms with Crippen molar-refractivity contribution in [1.82, 2.24) is 9.55 Å². The van der Waals surface area contributed by atoms with Gasteiger partial charge in [0.15, 0.2) is 0 Å². The average Bonchev–Trinajstić information content (AvgIpc) is 2.95. The Morgan fingerprint density at radius 3 is 2.28 bits per heavy atom. The van der Waals surface area contributed by atoms with Crippen LogP contribution in [0.4, 0.5) is 5.69 Å². The van der Waals surface area contributed by atoms with Crippen molar-refractivity contribution in [3.8, 4) is 11.3 Å². The zero-order valence-electron chi connectivity index (χ0n) is 23.1. The van der Waals surface area contributed by atoms with Crippen LogP contribution in [0.3, 0.4) is 0 Å². The highest BCUT2D eigenvalue weighted by molar-refractivity contribution is 8.00. The molecule has 0 aliphatic rings. The van der Waals surface area contributed by atoms with Gasteiger partial charge in [0.05, 0.1) is 5.69 Å². The summed E-state index contributed by atoms with van der Waals surface area (Å²) in [7, 11) is 0. The fourth-order valence-electron chi connectivity index (χ4n) is 4.37. The number of carboxylic acids is 1. The van der Waals surface area contributed by atoms with Crippen LogP contribution >= 0.6 is 11.8 Å². The molecule has 208 valence electrons. The number of rotatable bonds is 15. The highest BCUT2D eigenvalue weighted by Crippen LogP contribution is 2.28. The van der Waals surface area contributed by atoms with Gasteiger partial charge in [0.1, 0.15) is 17.7 Å². The van der Waals surface area contributed by atoms with Gasteiger partial charge in [-0.15, -0.1) is 11.8 Å². The molecule has 0 aliphatic carbocycles. The van der Waals surface area contributed by atoms with E-state index in [0.717, 1.165) is 42.6 Å². The molecule has 1 unspecified atom stereocenters. The molecule has 1 aromatic heterocycles. The summed E-state index contributed by atoms with van der Waals surface area (Å²) in [5.74, 6) is -0.282. The van der Waals surface area contributed by atoms with E-state index in [1.54, 1.807) is 9.47 Å². The molecule has 0 saturated heterocycles. The summed E-state index contributed by atoms with van der Waals surface area (Å²) in [6, 6.07) is 18.5. The predicted octanol–water partition coefficient (Wildman–Crippen LogP) is 6.78. The van der Waals surface area contributed by atoms with Crippen molar-refractivity contribution in [2.75, 3.05) is 4.90 Å². The monoisotopic (exact) mass is 549 g/mol. The second kappa shape index (κ2) is 15.3. The number of aryl methyl sites for hydroxylation is 1. The standard InChI is InChI=1S/C31H39N3O4S/c1-4-7-8-9-13-16-29(35)33(24-17-19-25(20-18-24)39-27(5-2)31(37)38)22-34-28(6-3)32-26(21-30(34)36)23-14-11-10-12-15-23/h10-12,14-15,17-21,27H,4-9,13,16,22H2,1-3H3,(H,37,38). The van der Waals surface area contributed by atoms with Crippen LogP contribution in [0.15, 0.2) is 70.4 Å². The highest BCUT2D eigenvalue weighted by Gasteiger charge is 2.20. The molecule has 39 heavy (non-hydrogen) atoms. The maximum atomic E-state index is 13.5. The lowest BCUT2D eigenvalue weighted by atomic mass is 10.1. The molecular weight excluding hydrogens is 510 g/mol. The zero-order valence-corrected chi connectivity index (χ0v) is 24.0. The minimum Gasteiger partial charge on any atom is -0.480 e. The van der Waals surface area contributed by atoms with E-state index in [4.69, 9.17) is 4.98 Å². The molecule has 0 aliphatic heterocycles. The minimum absolute atomic E-state index is 0.0510. The maximum absolute atomic E-state index is 13.5. The van der Waals surface area contributed by atoms with Gasteiger partial charge in [-0.1, -0.05) is 76.8 Å². The fourth-order valence-corrected chi connectivity index (χ4v) is 5.26. The molecule has 0 saturated carbocycles. The van der Waals surface area contributed by atoms with Crippen LogP contribution in [0.2, 0.25) is 0 Å². The lowest BCUT2D eigenvalue weighted by Gasteiger charge is -2.25. The van der Waals surface area contributed by atoms with E-state index in [9.17, 15) is 19.5 Å². The molecule has 0 fully saturated rings. The molecule has 7 nitrogen and oxygen atoms in total. The van der Waals surface area contributed by atoms with Crippen molar-refractivity contribution in [1.29, 1.82) is 0 Å². The van der Waals surface area contributed by atoms with E-state index in [1.807, 2.05) is 68.4 Å². The minimum atomic E-state index is -0.843. The van der Waals surface area contributed by atoms with Crippen LogP contribution in [0.25, 0.3) is 11.3 Å². The first-order valence-corrected chi connectivity index (χ1v) is 14.7. The van der Waals surface area contributed by atoms with E-state index < -0.39 is 11.2 Å². The maximum Gasteiger partial charge on any atom is 0.316 e. The first-order valence-electron chi connectivity index (χ1n) is 13.8. The van der Waals surface area contributed by atoms with Gasteiger partial charge in [-0.2, -0.15) is 0 Å². The third kappa shape index (κ3) is 8.55. The second-order valence-electron chi connectivity index (χ2n) is 9.52. The number of hydrogen-bond acceptors (Lipinski definition) is 5. The molecular formula is C31H39N3O4S. The lowest BCUT2D eigenvalue weighted by molar-refractivity contribution is -0.136. The Morgan fingerprint density at radius 2 is 1.67 bits per heavy atom. The van der Waals surface area contributed by atoms with E-state index in [2.05, 4.69) is 6.92 Å². The summed E-state index contributed by atoms with van der Waals surface area (Å²) in [5.41, 5.74) is 1.95. The van der Waals surface area contributed by atoms with Gasteiger partial charge >= 0.3 is 5.97 Å². The summed E-state index contributed by atoms with van der Waals surface area (Å²) in [4.78, 5) is 45.5. The Bertz CT molecular complexity index is 1280. The topological polar surface area (TPSA) is 92.5 Å². The number of aliphatic carboxylic acids is 1. The van der Waals surface area contributed by atoms with Crippen LogP contribution in [-0.2, 0) is 22.7 Å². The number of carboxylic acid groups (broad SMARTS) is 1. The quantitative estimate of drug-likeness (QED) is 0.166. The first kappa shape index (κ1) is 30.2. The predicted molar refractivity (Wildman–Crippen MR) is 158 cm³/mol. The van der Waals surface area contributed by atoms with E-state index in [1.165, 1.54) is 17.8 Å². The van der Waals surface area contributed by atoms with Crippen LogP contribution in [0.1, 0.15) is 71.5 Å². The number of aromatic nitrogens is 2. The van der Waals surface area contributed by atoms with Crippen molar-refractivity contribution in [2.45, 2.75) is 89.0 Å². The summed E-state index contributed by atoms with van der Waals surface area (Å²) < 4.78 is 1.57. The lowest BCUT2D eigenvalue weighted by Crippen LogP contribution is -2.38. The number of carbonyl (C=O) groups excluding carboxylic acids is 1. The van der Waals surface area contributed by atoms with Crippen molar-refractivity contribution in [3.63, 3.8) is 0 Å². The molecule has 1 amide bonds. The van der Waals surface area contributed by atoms with Gasteiger partial charge in [0.25, 0.3) is 5.56 Å². The summed E-state index contributed by atoms with van der Waals surface area (Å²) in [5, 5.41) is 8.88. The molecule has 1 heterocycles. The number of unbranched alkanes of at least 4 members (excludes halogenated alkanes) is 4. The van der Waals surface area contributed by atoms with Gasteiger partial charge in [-0.3, -0.25) is 23.9 Å². The van der Waals surface area contributed by atoms with Gasteiger partial charge < -0.3 is 5.11 Å². The SMILES string of the molecule is CCCCCCCC(=O)N(Cn1c(CC)nc(-c2ccccc2)cc1=O)c1ccc(SC(CC)C(=O)O)cc1. The number of benzene rings is 2. The molecule has 8 heteroatoms. The van der Waals surface area contributed by atoms with Crippen LogP contribution in [-0.4, -0.2) is 31.8 Å². The van der Waals surface area contributed by atoms with Gasteiger partial charge in [-0.05, 0) is 37.1 Å². The largest absolute Gasteiger partial charge is 0.480 e. The molecule has 1 atom stereocenters. The Kier molecular flexibility index (Phi) is 11.8. The Morgan fingerprint density at radius 1 is 0.974 bits per heavy atom. The molecule has 2 aromatic carbocycles. The Hall–Kier alpha value is -3.39. The van der Waals surface area contributed by atoms with Crippen molar-refractivity contribution in [2.24, 2.45) is 0 Å². The summed E-state index contributed by atoms with van der Waals surface area (Å²) >= 11 is 1.29. The highest BCUT2D eigenvalue weighted by atomic mass is 32.2. The van der Waals surface area contributed by atoms with Crippen molar-refractivity contribution < 1.29 is 14.7 Å². The number of anilines is 1. The van der Waals surface area contributed by atoms with Gasteiger partial charge in [0.2, 0.25) is 5.91 Å². The third-order valence-corrected chi connectivity index (χ3v) is 7.99. The van der Waals surface area contributed by atoms with Crippen molar-refractivity contribution in [3.05, 3.63) is 76.8 Å². The first-order chi connectivity index (χ1) is 18.9. The zero-order chi connectivity index (χ0) is 28.2. The van der Waals surface area contributed by atoms with Gasteiger partial charge in [0, 0.05) is 35.1 Å². The summed E-state index contributed by atoms with van der Waals surface area (Å²) in [6.45, 7) is 6.03. The number of thioether (sulfide) groups is 1. The van der Waals surface area contributed by atoms with E-state index in [-0.39, 0.29) is 18.1 Å². The molecule has 3 aromatic rings. The molecule has 1 N–H and O–H groups in total. The van der Waals surface area contributed by atoms with E-state index in [0.29, 0.717) is 36.5 Å².